The number of anilines is 1. The van der Waals surface area contributed by atoms with Crippen molar-refractivity contribution in [1.29, 1.82) is 0 Å². The number of piperidine rings is 1. The Kier molecular flexibility index (Phi) is 3.49. The van der Waals surface area contributed by atoms with Gasteiger partial charge in [-0.05, 0) is 38.3 Å². The summed E-state index contributed by atoms with van der Waals surface area (Å²) < 4.78 is 5.65. The molecule has 1 fully saturated rings. The zero-order valence-corrected chi connectivity index (χ0v) is 9.41. The number of para-hydroxylation sites is 2. The molecule has 0 radical (unpaired) electrons. The van der Waals surface area contributed by atoms with Crippen molar-refractivity contribution < 1.29 is 4.74 Å². The van der Waals surface area contributed by atoms with E-state index in [1.807, 2.05) is 13.0 Å². The minimum atomic E-state index is 0.741. The van der Waals surface area contributed by atoms with Crippen LogP contribution in [0.5, 0.6) is 5.75 Å². The lowest BCUT2D eigenvalue weighted by Gasteiger charge is -2.30. The molecule has 2 heteroatoms. The number of hydrogen-bond acceptors (Lipinski definition) is 2. The van der Waals surface area contributed by atoms with Gasteiger partial charge < -0.3 is 9.64 Å². The Labute approximate surface area is 91.9 Å². The maximum Gasteiger partial charge on any atom is 0.142 e. The Bertz CT molecular complexity index is 305. The fourth-order valence-corrected chi connectivity index (χ4v) is 2.13. The van der Waals surface area contributed by atoms with Gasteiger partial charge in [-0.15, -0.1) is 0 Å². The van der Waals surface area contributed by atoms with E-state index in [-0.39, 0.29) is 0 Å². The predicted octanol–water partition coefficient (Wildman–Crippen LogP) is 3.08. The van der Waals surface area contributed by atoms with E-state index in [1.165, 1.54) is 38.0 Å². The Morgan fingerprint density at radius 1 is 1.13 bits per heavy atom. The van der Waals surface area contributed by atoms with E-state index in [1.54, 1.807) is 0 Å². The summed E-state index contributed by atoms with van der Waals surface area (Å²) in [6, 6.07) is 8.36. The van der Waals surface area contributed by atoms with Gasteiger partial charge in [0.25, 0.3) is 0 Å². The van der Waals surface area contributed by atoms with Gasteiger partial charge in [-0.25, -0.2) is 0 Å². The number of hydrogen-bond donors (Lipinski definition) is 0. The number of rotatable bonds is 3. The van der Waals surface area contributed by atoms with Gasteiger partial charge in [-0.1, -0.05) is 12.1 Å². The molecule has 82 valence electrons. The van der Waals surface area contributed by atoms with Crippen molar-refractivity contribution in [1.82, 2.24) is 0 Å². The lowest BCUT2D eigenvalue weighted by Crippen LogP contribution is -2.29. The topological polar surface area (TPSA) is 12.5 Å². The third kappa shape index (κ3) is 2.44. The van der Waals surface area contributed by atoms with E-state index >= 15 is 0 Å². The van der Waals surface area contributed by atoms with Gasteiger partial charge in [0.15, 0.2) is 0 Å². The van der Waals surface area contributed by atoms with E-state index in [4.69, 9.17) is 4.74 Å². The highest BCUT2D eigenvalue weighted by atomic mass is 16.5. The summed E-state index contributed by atoms with van der Waals surface area (Å²) >= 11 is 0. The summed E-state index contributed by atoms with van der Waals surface area (Å²) in [7, 11) is 0. The van der Waals surface area contributed by atoms with Gasteiger partial charge in [0, 0.05) is 13.1 Å². The zero-order chi connectivity index (χ0) is 10.5. The average molecular weight is 205 g/mol. The molecule has 1 saturated heterocycles. The maximum atomic E-state index is 5.65. The molecule has 0 amide bonds. The molecule has 0 aromatic heterocycles. The van der Waals surface area contributed by atoms with Crippen LogP contribution in [0, 0.1) is 0 Å². The largest absolute Gasteiger partial charge is 0.492 e. The molecule has 0 spiro atoms. The highest BCUT2D eigenvalue weighted by Crippen LogP contribution is 2.29. The van der Waals surface area contributed by atoms with E-state index in [0.717, 1.165) is 12.4 Å². The van der Waals surface area contributed by atoms with Crippen molar-refractivity contribution in [2.45, 2.75) is 26.2 Å². The summed E-state index contributed by atoms with van der Waals surface area (Å²) in [6.07, 6.45) is 3.98. The van der Waals surface area contributed by atoms with Crippen molar-refractivity contribution in [3.05, 3.63) is 24.3 Å². The molecule has 2 nitrogen and oxygen atoms in total. The predicted molar refractivity (Wildman–Crippen MR) is 63.7 cm³/mol. The number of nitrogens with zero attached hydrogens (tertiary/aromatic N) is 1. The van der Waals surface area contributed by atoms with Gasteiger partial charge in [0.1, 0.15) is 5.75 Å². The first kappa shape index (κ1) is 10.3. The van der Waals surface area contributed by atoms with Crippen LogP contribution in [0.2, 0.25) is 0 Å². The molecule has 0 unspecified atom stereocenters. The zero-order valence-electron chi connectivity index (χ0n) is 9.41. The van der Waals surface area contributed by atoms with E-state index < -0.39 is 0 Å². The quantitative estimate of drug-likeness (QED) is 0.752. The molecule has 0 saturated carbocycles. The van der Waals surface area contributed by atoms with Crippen LogP contribution < -0.4 is 9.64 Å². The van der Waals surface area contributed by atoms with Crippen molar-refractivity contribution >= 4 is 5.69 Å². The van der Waals surface area contributed by atoms with Crippen LogP contribution in [0.4, 0.5) is 5.69 Å². The normalized spacial score (nSPS) is 16.5. The van der Waals surface area contributed by atoms with Crippen LogP contribution in [0.1, 0.15) is 26.2 Å². The molecule has 1 aromatic rings. The van der Waals surface area contributed by atoms with Crippen LogP contribution in [0.3, 0.4) is 0 Å². The highest BCUT2D eigenvalue weighted by Gasteiger charge is 2.14. The third-order valence-corrected chi connectivity index (χ3v) is 2.86. The van der Waals surface area contributed by atoms with Gasteiger partial charge in [0.05, 0.1) is 12.3 Å². The Morgan fingerprint density at radius 3 is 2.60 bits per heavy atom. The van der Waals surface area contributed by atoms with Crippen LogP contribution in [-0.2, 0) is 0 Å². The monoisotopic (exact) mass is 205 g/mol. The molecule has 0 bridgehead atoms. The second-order valence-electron chi connectivity index (χ2n) is 3.95. The third-order valence-electron chi connectivity index (χ3n) is 2.86. The van der Waals surface area contributed by atoms with Gasteiger partial charge in [-0.3, -0.25) is 0 Å². The molecule has 15 heavy (non-hydrogen) atoms. The Hall–Kier alpha value is -1.18. The van der Waals surface area contributed by atoms with Crippen molar-refractivity contribution in [2.24, 2.45) is 0 Å². The molecule has 2 rings (SSSR count). The number of benzene rings is 1. The summed E-state index contributed by atoms with van der Waals surface area (Å²) in [6.45, 7) is 5.12. The van der Waals surface area contributed by atoms with Crippen molar-refractivity contribution in [3.8, 4) is 5.75 Å². The van der Waals surface area contributed by atoms with Gasteiger partial charge in [0.2, 0.25) is 0 Å². The molecule has 0 N–H and O–H groups in total. The summed E-state index contributed by atoms with van der Waals surface area (Å²) in [5, 5.41) is 0. The van der Waals surface area contributed by atoms with Crippen LogP contribution in [0.15, 0.2) is 24.3 Å². The first-order valence-electron chi connectivity index (χ1n) is 5.88. The lowest BCUT2D eigenvalue weighted by atomic mass is 10.1. The van der Waals surface area contributed by atoms with E-state index in [0.29, 0.717) is 0 Å². The molecule has 1 aliphatic heterocycles. The Morgan fingerprint density at radius 2 is 1.87 bits per heavy atom. The molecule has 1 heterocycles. The molecule has 0 aliphatic carbocycles. The molecule has 1 aliphatic rings. The summed E-state index contributed by atoms with van der Waals surface area (Å²) in [5.74, 6) is 1.03. The minimum Gasteiger partial charge on any atom is -0.492 e. The fraction of sp³-hybridized carbons (Fsp3) is 0.538. The van der Waals surface area contributed by atoms with Crippen LogP contribution in [-0.4, -0.2) is 19.7 Å². The lowest BCUT2D eigenvalue weighted by molar-refractivity contribution is 0.339. The summed E-state index contributed by atoms with van der Waals surface area (Å²) in [5.41, 5.74) is 1.26. The first-order chi connectivity index (χ1) is 7.42. The summed E-state index contributed by atoms with van der Waals surface area (Å²) in [4.78, 5) is 2.44. The molecular formula is C13H19NO. The van der Waals surface area contributed by atoms with Gasteiger partial charge in [-0.2, -0.15) is 0 Å². The molecule has 1 aromatic carbocycles. The second-order valence-corrected chi connectivity index (χ2v) is 3.95. The fourth-order valence-electron chi connectivity index (χ4n) is 2.13. The minimum absolute atomic E-state index is 0.741. The van der Waals surface area contributed by atoms with Gasteiger partial charge >= 0.3 is 0 Å². The Balaban J connectivity index is 2.17. The van der Waals surface area contributed by atoms with Crippen molar-refractivity contribution in [2.75, 3.05) is 24.6 Å². The average Bonchev–Trinajstić information content (AvgIpc) is 2.31. The molecule has 0 atom stereocenters. The van der Waals surface area contributed by atoms with E-state index in [9.17, 15) is 0 Å². The van der Waals surface area contributed by atoms with Crippen LogP contribution >= 0.6 is 0 Å². The molecular weight excluding hydrogens is 186 g/mol. The smallest absolute Gasteiger partial charge is 0.142 e. The SMILES string of the molecule is CCOc1ccccc1N1CCCCC1. The first-order valence-corrected chi connectivity index (χ1v) is 5.88. The van der Waals surface area contributed by atoms with Crippen LogP contribution in [0.25, 0.3) is 0 Å². The van der Waals surface area contributed by atoms with E-state index in [2.05, 4.69) is 23.1 Å². The maximum absolute atomic E-state index is 5.65. The highest BCUT2D eigenvalue weighted by molar-refractivity contribution is 5.58. The number of ether oxygens (including phenoxy) is 1. The van der Waals surface area contributed by atoms with Crippen molar-refractivity contribution in [3.63, 3.8) is 0 Å². The second kappa shape index (κ2) is 5.06. The standard InChI is InChI=1S/C13H19NO/c1-2-15-13-9-5-4-8-12(13)14-10-6-3-7-11-14/h4-5,8-9H,2-3,6-7,10-11H2,1H3.